The Morgan fingerprint density at radius 2 is 1.79 bits per heavy atom. The van der Waals surface area contributed by atoms with Crippen LogP contribution in [0.3, 0.4) is 0 Å². The molecule has 0 bridgehead atoms. The number of amides is 1. The number of carbonyl (C=O) groups is 1. The highest BCUT2D eigenvalue weighted by atomic mass is 32.2. The molecule has 3 rings (SSSR count). The fraction of sp³-hybridized carbons (Fsp3) is 0.407. The SMILES string of the molecule is CC1=C[C@@H](CNS(=O)(=O)c2ccccc2)[C@H](C(C)C)C[C@H]1CC(=O)NCc1ccc(C#N)cc1. The summed E-state index contributed by atoms with van der Waals surface area (Å²) in [4.78, 5) is 12.9. The molecular formula is C27H33N3O3S. The summed E-state index contributed by atoms with van der Waals surface area (Å²) >= 11 is 0. The van der Waals surface area contributed by atoms with Crippen molar-refractivity contribution in [2.24, 2.45) is 23.7 Å². The van der Waals surface area contributed by atoms with Crippen LogP contribution in [-0.2, 0) is 21.4 Å². The van der Waals surface area contributed by atoms with E-state index in [2.05, 4.69) is 36.0 Å². The fourth-order valence-corrected chi connectivity index (χ4v) is 5.68. The lowest BCUT2D eigenvalue weighted by Gasteiger charge is -2.37. The fourth-order valence-electron chi connectivity index (χ4n) is 4.59. The van der Waals surface area contributed by atoms with E-state index in [1.807, 2.05) is 19.1 Å². The molecule has 180 valence electrons. The van der Waals surface area contributed by atoms with E-state index in [1.54, 1.807) is 42.5 Å². The molecule has 0 unspecified atom stereocenters. The van der Waals surface area contributed by atoms with Gasteiger partial charge < -0.3 is 5.32 Å². The van der Waals surface area contributed by atoms with Gasteiger partial charge in [-0.25, -0.2) is 13.1 Å². The Morgan fingerprint density at radius 1 is 1.12 bits per heavy atom. The number of nitriles is 1. The van der Waals surface area contributed by atoms with E-state index in [0.29, 0.717) is 31.0 Å². The molecule has 0 aliphatic heterocycles. The van der Waals surface area contributed by atoms with Gasteiger partial charge in [-0.1, -0.05) is 55.8 Å². The average Bonchev–Trinajstić information content (AvgIpc) is 2.83. The highest BCUT2D eigenvalue weighted by Gasteiger charge is 2.33. The Balaban J connectivity index is 1.60. The summed E-state index contributed by atoms with van der Waals surface area (Å²) in [5.74, 6) is 0.845. The van der Waals surface area contributed by atoms with Crippen LogP contribution in [0, 0.1) is 35.0 Å². The zero-order valence-corrected chi connectivity index (χ0v) is 20.8. The van der Waals surface area contributed by atoms with Crippen molar-refractivity contribution in [3.63, 3.8) is 0 Å². The second kappa shape index (κ2) is 11.5. The van der Waals surface area contributed by atoms with Crippen molar-refractivity contribution >= 4 is 15.9 Å². The zero-order valence-electron chi connectivity index (χ0n) is 20.0. The van der Waals surface area contributed by atoms with Crippen molar-refractivity contribution in [3.8, 4) is 6.07 Å². The molecule has 34 heavy (non-hydrogen) atoms. The van der Waals surface area contributed by atoms with Crippen molar-refractivity contribution < 1.29 is 13.2 Å². The van der Waals surface area contributed by atoms with Gasteiger partial charge >= 0.3 is 0 Å². The number of sulfonamides is 1. The number of hydrogen-bond acceptors (Lipinski definition) is 4. The van der Waals surface area contributed by atoms with Crippen LogP contribution in [-0.4, -0.2) is 20.9 Å². The minimum Gasteiger partial charge on any atom is -0.352 e. The molecule has 0 radical (unpaired) electrons. The van der Waals surface area contributed by atoms with Crippen LogP contribution in [0.5, 0.6) is 0 Å². The Kier molecular flexibility index (Phi) is 8.65. The van der Waals surface area contributed by atoms with Crippen LogP contribution in [0.2, 0.25) is 0 Å². The lowest BCUT2D eigenvalue weighted by molar-refractivity contribution is -0.122. The molecule has 0 fully saturated rings. The van der Waals surface area contributed by atoms with Gasteiger partial charge in [0.15, 0.2) is 0 Å². The predicted octanol–water partition coefficient (Wildman–Crippen LogP) is 4.40. The van der Waals surface area contributed by atoms with Crippen molar-refractivity contribution in [2.75, 3.05) is 6.54 Å². The maximum Gasteiger partial charge on any atom is 0.240 e. The molecule has 1 aliphatic carbocycles. The zero-order chi connectivity index (χ0) is 24.7. The Hall–Kier alpha value is -2.95. The summed E-state index contributed by atoms with van der Waals surface area (Å²) in [5, 5.41) is 11.9. The number of nitrogens with one attached hydrogen (secondary N) is 2. The van der Waals surface area contributed by atoms with E-state index in [1.165, 1.54) is 0 Å². The lowest BCUT2D eigenvalue weighted by atomic mass is 9.70. The minimum atomic E-state index is -3.56. The van der Waals surface area contributed by atoms with Gasteiger partial charge in [-0.3, -0.25) is 4.79 Å². The predicted molar refractivity (Wildman–Crippen MR) is 133 cm³/mol. The molecule has 1 aliphatic rings. The minimum absolute atomic E-state index is 0.00662. The summed E-state index contributed by atoms with van der Waals surface area (Å²) in [6, 6.07) is 17.7. The van der Waals surface area contributed by atoms with E-state index in [-0.39, 0.29) is 28.6 Å². The van der Waals surface area contributed by atoms with Crippen molar-refractivity contribution in [2.45, 2.75) is 45.1 Å². The smallest absolute Gasteiger partial charge is 0.240 e. The molecule has 0 saturated heterocycles. The summed E-state index contributed by atoms with van der Waals surface area (Å²) in [6.07, 6.45) is 3.41. The van der Waals surface area contributed by atoms with E-state index >= 15 is 0 Å². The molecule has 2 aromatic carbocycles. The van der Waals surface area contributed by atoms with Gasteiger partial charge in [-0.2, -0.15) is 5.26 Å². The number of carbonyl (C=O) groups excluding carboxylic acids is 1. The largest absolute Gasteiger partial charge is 0.352 e. The van der Waals surface area contributed by atoms with Gasteiger partial charge in [-0.05, 0) is 66.8 Å². The number of rotatable bonds is 9. The van der Waals surface area contributed by atoms with E-state index in [4.69, 9.17) is 5.26 Å². The summed E-state index contributed by atoms with van der Waals surface area (Å²) in [5.41, 5.74) is 2.68. The first kappa shape index (κ1) is 25.7. The monoisotopic (exact) mass is 479 g/mol. The molecule has 7 heteroatoms. The second-order valence-electron chi connectivity index (χ2n) is 9.37. The quantitative estimate of drug-likeness (QED) is 0.521. The van der Waals surface area contributed by atoms with Crippen LogP contribution < -0.4 is 10.0 Å². The third-order valence-electron chi connectivity index (χ3n) is 6.65. The summed E-state index contributed by atoms with van der Waals surface area (Å²) in [6.45, 7) is 7.11. The number of nitrogens with zero attached hydrogens (tertiary/aromatic N) is 1. The summed E-state index contributed by atoms with van der Waals surface area (Å²) < 4.78 is 28.1. The van der Waals surface area contributed by atoms with E-state index in [9.17, 15) is 13.2 Å². The number of benzene rings is 2. The van der Waals surface area contributed by atoms with Crippen LogP contribution >= 0.6 is 0 Å². The Morgan fingerprint density at radius 3 is 2.41 bits per heavy atom. The van der Waals surface area contributed by atoms with Crippen molar-refractivity contribution in [1.29, 1.82) is 5.26 Å². The molecule has 0 spiro atoms. The first-order valence-corrected chi connectivity index (χ1v) is 13.2. The standard InChI is InChI=1S/C27H33N3O3S/c1-19(2)26-14-23(15-27(31)29-17-22-11-9-21(16-28)10-12-22)20(3)13-24(26)18-30-34(32,33)25-7-5-4-6-8-25/h4-13,19,23-24,26,30H,14-15,17-18H2,1-3H3,(H,29,31)/t23-,24-,26-/m0/s1. The molecular weight excluding hydrogens is 446 g/mol. The topological polar surface area (TPSA) is 99.1 Å². The second-order valence-corrected chi connectivity index (χ2v) is 11.1. The molecule has 0 heterocycles. The highest BCUT2D eigenvalue weighted by Crippen LogP contribution is 2.38. The normalized spacial score (nSPS) is 20.4. The third kappa shape index (κ3) is 6.78. The van der Waals surface area contributed by atoms with Gasteiger partial charge in [-0.15, -0.1) is 0 Å². The van der Waals surface area contributed by atoms with Gasteiger partial charge in [0.25, 0.3) is 0 Å². The molecule has 0 saturated carbocycles. The molecule has 2 N–H and O–H groups in total. The Labute approximate surface area is 203 Å². The van der Waals surface area contributed by atoms with Crippen molar-refractivity contribution in [1.82, 2.24) is 10.0 Å². The van der Waals surface area contributed by atoms with Gasteiger partial charge in [0, 0.05) is 19.5 Å². The van der Waals surface area contributed by atoms with Gasteiger partial charge in [0.2, 0.25) is 15.9 Å². The molecule has 3 atom stereocenters. The first-order valence-electron chi connectivity index (χ1n) is 11.7. The van der Waals surface area contributed by atoms with Crippen molar-refractivity contribution in [3.05, 3.63) is 77.4 Å². The number of hydrogen-bond donors (Lipinski definition) is 2. The molecule has 1 amide bonds. The van der Waals surface area contributed by atoms with Crippen LogP contribution in [0.25, 0.3) is 0 Å². The average molecular weight is 480 g/mol. The lowest BCUT2D eigenvalue weighted by Crippen LogP contribution is -2.37. The maximum absolute atomic E-state index is 12.7. The van der Waals surface area contributed by atoms with E-state index < -0.39 is 10.0 Å². The first-order chi connectivity index (χ1) is 16.2. The van der Waals surface area contributed by atoms with Crippen LogP contribution in [0.4, 0.5) is 0 Å². The third-order valence-corrected chi connectivity index (χ3v) is 8.09. The van der Waals surface area contributed by atoms with E-state index in [0.717, 1.165) is 17.6 Å². The molecule has 6 nitrogen and oxygen atoms in total. The van der Waals surface area contributed by atoms with Gasteiger partial charge in [0.05, 0.1) is 16.5 Å². The molecule has 2 aromatic rings. The maximum atomic E-state index is 12.7. The summed E-state index contributed by atoms with van der Waals surface area (Å²) in [7, 11) is -3.56. The number of allylic oxidation sites excluding steroid dienone is 1. The van der Waals surface area contributed by atoms with Crippen LogP contribution in [0.1, 0.15) is 44.7 Å². The van der Waals surface area contributed by atoms with Gasteiger partial charge in [0.1, 0.15) is 0 Å². The molecule has 0 aromatic heterocycles. The Bertz CT molecular complexity index is 1150. The van der Waals surface area contributed by atoms with Crippen LogP contribution in [0.15, 0.2) is 71.1 Å². The highest BCUT2D eigenvalue weighted by molar-refractivity contribution is 7.89.